The van der Waals surface area contributed by atoms with Gasteiger partial charge in [-0.2, -0.15) is 0 Å². The van der Waals surface area contributed by atoms with Crippen LogP contribution in [0.2, 0.25) is 0 Å². The summed E-state index contributed by atoms with van der Waals surface area (Å²) in [5.74, 6) is 0.237. The summed E-state index contributed by atoms with van der Waals surface area (Å²) in [7, 11) is -2.88. The average Bonchev–Trinajstić information content (AvgIpc) is 1.96. The van der Waals surface area contributed by atoms with Gasteiger partial charge in [0.2, 0.25) is 0 Å². The summed E-state index contributed by atoms with van der Waals surface area (Å²) < 4.78 is 22.8. The molecule has 0 spiro atoms. The Balaban J connectivity index is 3.77. The Bertz CT molecular complexity index is 250. The van der Waals surface area contributed by atoms with Crippen LogP contribution in [0.15, 0.2) is 0 Å². The molecule has 0 aromatic rings. The van der Waals surface area contributed by atoms with Crippen LogP contribution in [0.1, 0.15) is 34.6 Å². The number of nitrogens with one attached hydrogen (secondary N) is 1. The molecule has 0 fully saturated rings. The molecule has 0 saturated carbocycles. The molecule has 3 nitrogen and oxygen atoms in total. The lowest BCUT2D eigenvalue weighted by molar-refractivity contribution is 0.385. The second kappa shape index (κ2) is 5.12. The van der Waals surface area contributed by atoms with Crippen molar-refractivity contribution in [1.29, 1.82) is 0 Å². The summed E-state index contributed by atoms with van der Waals surface area (Å²) in [5, 5.41) is 2.89. The van der Waals surface area contributed by atoms with E-state index in [0.29, 0.717) is 6.54 Å². The smallest absolute Gasteiger partial charge is 0.153 e. The van der Waals surface area contributed by atoms with Gasteiger partial charge in [-0.25, -0.2) is 8.42 Å². The van der Waals surface area contributed by atoms with Crippen LogP contribution in [-0.4, -0.2) is 32.5 Å². The fourth-order valence-corrected chi connectivity index (χ4v) is 1.81. The Kier molecular flexibility index (Phi) is 5.09. The van der Waals surface area contributed by atoms with Crippen LogP contribution in [0.5, 0.6) is 0 Å². The first-order valence-electron chi connectivity index (χ1n) is 5.07. The third kappa shape index (κ3) is 6.38. The maximum Gasteiger partial charge on any atom is 0.153 e. The molecule has 0 bridgehead atoms. The zero-order chi connectivity index (χ0) is 11.4. The lowest BCUT2D eigenvalue weighted by atomic mass is 9.97. The monoisotopic (exact) mass is 221 g/mol. The second-order valence-electron chi connectivity index (χ2n) is 5.15. The van der Waals surface area contributed by atoms with Crippen molar-refractivity contribution in [2.75, 3.05) is 18.8 Å². The largest absolute Gasteiger partial charge is 0.315 e. The van der Waals surface area contributed by atoms with E-state index >= 15 is 0 Å². The first kappa shape index (κ1) is 13.9. The lowest BCUT2D eigenvalue weighted by Gasteiger charge is -2.18. The van der Waals surface area contributed by atoms with E-state index in [0.717, 1.165) is 6.54 Å². The molecule has 0 amide bonds. The molecule has 0 aliphatic carbocycles. The molecule has 0 aromatic heterocycles. The van der Waals surface area contributed by atoms with Gasteiger partial charge in [-0.15, -0.1) is 0 Å². The van der Waals surface area contributed by atoms with Gasteiger partial charge < -0.3 is 5.32 Å². The number of hydrogen-bond acceptors (Lipinski definition) is 3. The summed E-state index contributed by atoms with van der Waals surface area (Å²) in [6.07, 6.45) is 0. The number of hydrogen-bond donors (Lipinski definition) is 1. The second-order valence-corrected chi connectivity index (χ2v) is 7.83. The Morgan fingerprint density at radius 1 is 1.21 bits per heavy atom. The third-order valence-electron chi connectivity index (χ3n) is 1.94. The van der Waals surface area contributed by atoms with Crippen LogP contribution in [0.25, 0.3) is 0 Å². The van der Waals surface area contributed by atoms with Crippen molar-refractivity contribution in [3.05, 3.63) is 0 Å². The van der Waals surface area contributed by atoms with Gasteiger partial charge in [0.1, 0.15) is 0 Å². The Labute approximate surface area is 88.2 Å². The van der Waals surface area contributed by atoms with E-state index in [1.54, 1.807) is 13.8 Å². The molecule has 86 valence electrons. The van der Waals surface area contributed by atoms with Crippen molar-refractivity contribution >= 4 is 9.84 Å². The Hall–Kier alpha value is -0.0900. The molecule has 0 heterocycles. The van der Waals surface area contributed by atoms with Crippen molar-refractivity contribution in [2.45, 2.75) is 39.9 Å². The topological polar surface area (TPSA) is 46.2 Å². The molecule has 0 saturated heterocycles. The molecule has 0 unspecified atom stereocenters. The molecular weight excluding hydrogens is 198 g/mol. The Morgan fingerprint density at radius 3 is 2.07 bits per heavy atom. The molecule has 0 atom stereocenters. The quantitative estimate of drug-likeness (QED) is 0.715. The van der Waals surface area contributed by atoms with Crippen molar-refractivity contribution in [3.8, 4) is 0 Å². The van der Waals surface area contributed by atoms with Crippen LogP contribution in [-0.2, 0) is 9.84 Å². The zero-order valence-corrected chi connectivity index (χ0v) is 10.7. The molecule has 0 aliphatic heterocycles. The first-order chi connectivity index (χ1) is 6.15. The van der Waals surface area contributed by atoms with Gasteiger partial charge in [0, 0.05) is 13.1 Å². The van der Waals surface area contributed by atoms with Crippen LogP contribution in [0.3, 0.4) is 0 Å². The number of rotatable bonds is 5. The minimum absolute atomic E-state index is 0.210. The zero-order valence-electron chi connectivity index (χ0n) is 9.92. The highest BCUT2D eigenvalue weighted by Gasteiger charge is 2.16. The standard InChI is InChI=1S/C10H23NO2S/c1-9(2)14(12,13)7-6-11-8-10(3,4)5/h9,11H,6-8H2,1-5H3. The highest BCUT2D eigenvalue weighted by molar-refractivity contribution is 7.92. The Morgan fingerprint density at radius 2 is 1.71 bits per heavy atom. The van der Waals surface area contributed by atoms with Crippen LogP contribution < -0.4 is 5.32 Å². The van der Waals surface area contributed by atoms with E-state index in [-0.39, 0.29) is 16.4 Å². The van der Waals surface area contributed by atoms with E-state index in [4.69, 9.17) is 0 Å². The van der Waals surface area contributed by atoms with E-state index in [2.05, 4.69) is 26.1 Å². The van der Waals surface area contributed by atoms with Crippen LogP contribution in [0, 0.1) is 5.41 Å². The van der Waals surface area contributed by atoms with E-state index in [9.17, 15) is 8.42 Å². The molecule has 14 heavy (non-hydrogen) atoms. The fourth-order valence-electron chi connectivity index (χ4n) is 0.914. The fraction of sp³-hybridized carbons (Fsp3) is 1.00. The first-order valence-corrected chi connectivity index (χ1v) is 6.79. The summed E-state index contributed by atoms with van der Waals surface area (Å²) in [4.78, 5) is 0. The van der Waals surface area contributed by atoms with Crippen molar-refractivity contribution in [2.24, 2.45) is 5.41 Å². The minimum Gasteiger partial charge on any atom is -0.315 e. The van der Waals surface area contributed by atoms with Crippen LogP contribution >= 0.6 is 0 Å². The normalized spacial score (nSPS) is 13.6. The van der Waals surface area contributed by atoms with E-state index < -0.39 is 9.84 Å². The van der Waals surface area contributed by atoms with Crippen molar-refractivity contribution < 1.29 is 8.42 Å². The summed E-state index contributed by atoms with van der Waals surface area (Å²) >= 11 is 0. The van der Waals surface area contributed by atoms with E-state index in [1.165, 1.54) is 0 Å². The molecule has 4 heteroatoms. The van der Waals surface area contributed by atoms with Gasteiger partial charge in [-0.3, -0.25) is 0 Å². The van der Waals surface area contributed by atoms with E-state index in [1.807, 2.05) is 0 Å². The molecule has 0 aromatic carbocycles. The summed E-state index contributed by atoms with van der Waals surface area (Å²) in [6, 6.07) is 0. The van der Waals surface area contributed by atoms with Gasteiger partial charge in [-0.1, -0.05) is 20.8 Å². The average molecular weight is 221 g/mol. The maximum atomic E-state index is 11.4. The molecule has 1 N–H and O–H groups in total. The van der Waals surface area contributed by atoms with Gasteiger partial charge in [0.15, 0.2) is 9.84 Å². The third-order valence-corrected chi connectivity index (χ3v) is 4.15. The van der Waals surface area contributed by atoms with Gasteiger partial charge in [0.05, 0.1) is 11.0 Å². The highest BCUT2D eigenvalue weighted by Crippen LogP contribution is 2.10. The molecular formula is C10H23NO2S. The van der Waals surface area contributed by atoms with Gasteiger partial charge in [0.25, 0.3) is 0 Å². The molecule has 0 aliphatic rings. The van der Waals surface area contributed by atoms with Crippen LogP contribution in [0.4, 0.5) is 0 Å². The van der Waals surface area contributed by atoms with Crippen molar-refractivity contribution in [1.82, 2.24) is 5.32 Å². The van der Waals surface area contributed by atoms with Gasteiger partial charge in [-0.05, 0) is 19.3 Å². The van der Waals surface area contributed by atoms with Gasteiger partial charge >= 0.3 is 0 Å². The maximum absolute atomic E-state index is 11.4. The van der Waals surface area contributed by atoms with Crippen molar-refractivity contribution in [3.63, 3.8) is 0 Å². The number of sulfone groups is 1. The predicted octanol–water partition coefficient (Wildman–Crippen LogP) is 1.45. The predicted molar refractivity (Wildman–Crippen MR) is 61.2 cm³/mol. The summed E-state index contributed by atoms with van der Waals surface area (Å²) in [6.45, 7) is 11.2. The SMILES string of the molecule is CC(C)S(=O)(=O)CCNCC(C)(C)C. The molecule has 0 radical (unpaired) electrons. The molecule has 0 rings (SSSR count). The summed E-state index contributed by atoms with van der Waals surface area (Å²) in [5.41, 5.74) is 0.210. The minimum atomic E-state index is -2.88. The highest BCUT2D eigenvalue weighted by atomic mass is 32.2. The lowest BCUT2D eigenvalue weighted by Crippen LogP contribution is -2.32.